The smallest absolute Gasteiger partial charge is 0.339 e. The highest BCUT2D eigenvalue weighted by Gasteiger charge is 2.17. The Balaban J connectivity index is 2.35. The van der Waals surface area contributed by atoms with Crippen molar-refractivity contribution in [1.29, 1.82) is 0 Å². The largest absolute Gasteiger partial charge is 0.465 e. The summed E-state index contributed by atoms with van der Waals surface area (Å²) < 4.78 is 9.19. The number of ketones is 1. The third kappa shape index (κ3) is 3.58. The summed E-state index contributed by atoms with van der Waals surface area (Å²) >= 11 is 12.0. The molecule has 0 saturated heterocycles. The van der Waals surface area contributed by atoms with Gasteiger partial charge in [0.05, 0.1) is 35.4 Å². The molecule has 0 spiro atoms. The van der Waals surface area contributed by atoms with Crippen molar-refractivity contribution in [3.63, 3.8) is 0 Å². The van der Waals surface area contributed by atoms with Gasteiger partial charge in [0.15, 0.2) is 5.78 Å². The Labute approximate surface area is 148 Å². The first-order valence-electron chi connectivity index (χ1n) is 6.69. The van der Waals surface area contributed by atoms with Crippen molar-refractivity contribution >= 4 is 40.9 Å². The topological polar surface area (TPSA) is 69.7 Å². The number of rotatable bonds is 4. The van der Waals surface area contributed by atoms with Crippen LogP contribution in [0.15, 0.2) is 36.4 Å². The third-order valence-electron chi connectivity index (χ3n) is 3.27. The summed E-state index contributed by atoms with van der Waals surface area (Å²) in [5, 5.41) is 0.204. The van der Waals surface area contributed by atoms with Crippen LogP contribution in [0.2, 0.25) is 10.0 Å². The van der Waals surface area contributed by atoms with E-state index in [0.29, 0.717) is 0 Å². The number of carbonyl (C=O) groups is 3. The molecule has 124 valence electrons. The highest BCUT2D eigenvalue weighted by molar-refractivity contribution is 6.35. The average molecular weight is 367 g/mol. The molecule has 0 heterocycles. The Morgan fingerprint density at radius 1 is 0.750 bits per heavy atom. The van der Waals surface area contributed by atoms with E-state index in [1.54, 1.807) is 0 Å². The van der Waals surface area contributed by atoms with Gasteiger partial charge in [0.2, 0.25) is 0 Å². The average Bonchev–Trinajstić information content (AvgIpc) is 2.59. The molecule has 0 atom stereocenters. The molecule has 24 heavy (non-hydrogen) atoms. The second-order valence-electron chi connectivity index (χ2n) is 4.70. The van der Waals surface area contributed by atoms with E-state index in [-0.39, 0.29) is 38.1 Å². The van der Waals surface area contributed by atoms with Gasteiger partial charge in [0.1, 0.15) is 0 Å². The molecule has 0 amide bonds. The van der Waals surface area contributed by atoms with Crippen LogP contribution in [0.1, 0.15) is 36.6 Å². The van der Waals surface area contributed by atoms with E-state index in [0.717, 1.165) is 0 Å². The van der Waals surface area contributed by atoms with Crippen molar-refractivity contribution in [2.75, 3.05) is 14.2 Å². The third-order valence-corrected chi connectivity index (χ3v) is 3.90. The Morgan fingerprint density at radius 3 is 1.42 bits per heavy atom. The maximum absolute atomic E-state index is 12.5. The van der Waals surface area contributed by atoms with Crippen molar-refractivity contribution in [3.05, 3.63) is 68.7 Å². The van der Waals surface area contributed by atoms with Crippen LogP contribution in [0.4, 0.5) is 0 Å². The Bertz CT molecular complexity index is 762. The second-order valence-corrected chi connectivity index (χ2v) is 5.52. The molecular weight excluding hydrogens is 355 g/mol. The molecule has 0 bridgehead atoms. The molecule has 7 heteroatoms. The van der Waals surface area contributed by atoms with Crippen LogP contribution in [0, 0.1) is 0 Å². The number of halogens is 2. The van der Waals surface area contributed by atoms with E-state index in [9.17, 15) is 14.4 Å². The van der Waals surface area contributed by atoms with Crippen LogP contribution in [-0.2, 0) is 9.47 Å². The summed E-state index contributed by atoms with van der Waals surface area (Å²) in [6.45, 7) is 0. The van der Waals surface area contributed by atoms with E-state index in [1.807, 2.05) is 0 Å². The summed E-state index contributed by atoms with van der Waals surface area (Å²) in [6, 6.07) is 8.49. The SMILES string of the molecule is COC(=O)c1ccc(C(=O)c2ccc(C(=O)OC)c(Cl)c2)cc1Cl. The quantitative estimate of drug-likeness (QED) is 0.607. The normalized spacial score (nSPS) is 10.2. The fraction of sp³-hybridized carbons (Fsp3) is 0.118. The van der Waals surface area contributed by atoms with Crippen molar-refractivity contribution < 1.29 is 23.9 Å². The lowest BCUT2D eigenvalue weighted by molar-refractivity contribution is 0.0592. The monoisotopic (exact) mass is 366 g/mol. The maximum Gasteiger partial charge on any atom is 0.339 e. The molecule has 0 aliphatic heterocycles. The van der Waals surface area contributed by atoms with Gasteiger partial charge in [-0.25, -0.2) is 9.59 Å². The van der Waals surface area contributed by atoms with E-state index < -0.39 is 11.9 Å². The van der Waals surface area contributed by atoms with E-state index >= 15 is 0 Å². The lowest BCUT2D eigenvalue weighted by atomic mass is 10.0. The molecule has 0 aliphatic rings. The molecule has 2 aromatic rings. The molecule has 0 N–H and O–H groups in total. The van der Waals surface area contributed by atoms with Gasteiger partial charge in [-0.3, -0.25) is 4.79 Å². The van der Waals surface area contributed by atoms with Crippen LogP contribution >= 0.6 is 23.2 Å². The number of ether oxygens (including phenoxy) is 2. The standard InChI is InChI=1S/C17H12Cl2O5/c1-23-16(21)11-5-3-9(7-13(11)18)15(20)10-4-6-12(14(19)8-10)17(22)24-2/h3-8H,1-2H3. The van der Waals surface area contributed by atoms with Crippen molar-refractivity contribution in [2.24, 2.45) is 0 Å². The fourth-order valence-electron chi connectivity index (χ4n) is 2.03. The van der Waals surface area contributed by atoms with Crippen LogP contribution in [-0.4, -0.2) is 31.9 Å². The molecule has 0 radical (unpaired) electrons. The molecule has 0 aromatic heterocycles. The Morgan fingerprint density at radius 2 is 1.12 bits per heavy atom. The van der Waals surface area contributed by atoms with Gasteiger partial charge in [0.25, 0.3) is 0 Å². The maximum atomic E-state index is 12.5. The minimum atomic E-state index is -0.593. The Kier molecular flexibility index (Phi) is 5.59. The minimum Gasteiger partial charge on any atom is -0.465 e. The predicted molar refractivity (Wildman–Crippen MR) is 89.0 cm³/mol. The first-order chi connectivity index (χ1) is 11.4. The summed E-state index contributed by atoms with van der Waals surface area (Å²) in [5.41, 5.74) is 0.869. The molecule has 0 saturated carbocycles. The van der Waals surface area contributed by atoms with Gasteiger partial charge < -0.3 is 9.47 Å². The van der Waals surface area contributed by atoms with Crippen LogP contribution in [0.25, 0.3) is 0 Å². The second kappa shape index (κ2) is 7.47. The predicted octanol–water partition coefficient (Wildman–Crippen LogP) is 3.80. The number of esters is 2. The summed E-state index contributed by atoms with van der Waals surface area (Å²) in [7, 11) is 2.48. The fourth-order valence-corrected chi connectivity index (χ4v) is 2.55. The summed E-state index contributed by atoms with van der Waals surface area (Å²) in [5.74, 6) is -1.54. The van der Waals surface area contributed by atoms with E-state index in [2.05, 4.69) is 9.47 Å². The molecule has 0 unspecified atom stereocenters. The molecular formula is C17H12Cl2O5. The first kappa shape index (κ1) is 18.0. The van der Waals surface area contributed by atoms with Crippen LogP contribution < -0.4 is 0 Å². The highest BCUT2D eigenvalue weighted by atomic mass is 35.5. The molecule has 2 rings (SSSR count). The van der Waals surface area contributed by atoms with Gasteiger partial charge in [-0.15, -0.1) is 0 Å². The van der Waals surface area contributed by atoms with Crippen LogP contribution in [0.5, 0.6) is 0 Å². The zero-order valence-electron chi connectivity index (χ0n) is 12.8. The zero-order valence-corrected chi connectivity index (χ0v) is 14.3. The highest BCUT2D eigenvalue weighted by Crippen LogP contribution is 2.23. The Hall–Kier alpha value is -2.37. The van der Waals surface area contributed by atoms with E-state index in [1.165, 1.54) is 50.6 Å². The van der Waals surface area contributed by atoms with Gasteiger partial charge in [0, 0.05) is 11.1 Å². The molecule has 5 nitrogen and oxygen atoms in total. The van der Waals surface area contributed by atoms with Gasteiger partial charge in [-0.1, -0.05) is 35.3 Å². The van der Waals surface area contributed by atoms with E-state index in [4.69, 9.17) is 23.2 Å². The van der Waals surface area contributed by atoms with Gasteiger partial charge in [-0.2, -0.15) is 0 Å². The number of hydrogen-bond donors (Lipinski definition) is 0. The molecule has 0 aliphatic carbocycles. The molecule has 0 fully saturated rings. The molecule has 2 aromatic carbocycles. The van der Waals surface area contributed by atoms with Gasteiger partial charge in [-0.05, 0) is 24.3 Å². The van der Waals surface area contributed by atoms with Crippen molar-refractivity contribution in [1.82, 2.24) is 0 Å². The summed E-state index contributed by atoms with van der Waals surface area (Å²) in [4.78, 5) is 35.5. The first-order valence-corrected chi connectivity index (χ1v) is 7.45. The summed E-state index contributed by atoms with van der Waals surface area (Å²) in [6.07, 6.45) is 0. The van der Waals surface area contributed by atoms with Gasteiger partial charge >= 0.3 is 11.9 Å². The number of benzene rings is 2. The van der Waals surface area contributed by atoms with Crippen LogP contribution in [0.3, 0.4) is 0 Å². The lowest BCUT2D eigenvalue weighted by Crippen LogP contribution is -2.07. The van der Waals surface area contributed by atoms with Crippen molar-refractivity contribution in [3.8, 4) is 0 Å². The number of methoxy groups -OCH3 is 2. The minimum absolute atomic E-state index is 0.102. The zero-order chi connectivity index (χ0) is 17.9. The van der Waals surface area contributed by atoms with Crippen molar-refractivity contribution in [2.45, 2.75) is 0 Å². The number of carbonyl (C=O) groups excluding carboxylic acids is 3. The number of hydrogen-bond acceptors (Lipinski definition) is 5. The lowest BCUT2D eigenvalue weighted by Gasteiger charge is -2.07.